The molecule has 1 aromatic heterocycles. The van der Waals surface area contributed by atoms with Gasteiger partial charge in [0.25, 0.3) is 17.7 Å². The number of aromatic nitrogens is 2. The van der Waals surface area contributed by atoms with Crippen molar-refractivity contribution in [3.05, 3.63) is 107 Å². The van der Waals surface area contributed by atoms with Gasteiger partial charge in [0.05, 0.1) is 48.5 Å². The highest BCUT2D eigenvalue weighted by Gasteiger charge is 2.51. The molecule has 0 saturated carbocycles. The lowest BCUT2D eigenvalue weighted by molar-refractivity contribution is 0.0428. The minimum Gasteiger partial charge on any atom is -0.495 e. The lowest BCUT2D eigenvalue weighted by Gasteiger charge is -2.37. The van der Waals surface area contributed by atoms with Crippen molar-refractivity contribution in [3.63, 3.8) is 0 Å². The Bertz CT molecular complexity index is 2050. The second kappa shape index (κ2) is 13.0. The van der Waals surface area contributed by atoms with E-state index in [1.807, 2.05) is 6.07 Å². The highest BCUT2D eigenvalue weighted by atomic mass is 32.2. The molecule has 3 atom stereocenters. The number of carbonyl (C=O) groups is 2. The summed E-state index contributed by atoms with van der Waals surface area (Å²) in [5.74, 6) is -4.28. The number of fused-ring (bicyclic) bond motifs is 3. The van der Waals surface area contributed by atoms with Crippen LogP contribution < -0.4 is 15.0 Å². The molecule has 2 aliphatic heterocycles. The van der Waals surface area contributed by atoms with Crippen LogP contribution in [0.5, 0.6) is 5.75 Å². The quantitative estimate of drug-likeness (QED) is 0.258. The minimum absolute atomic E-state index is 0.0218. The SMILES string of the molecule is COCC(C)S(=O)(=O)N1C[C@H]2[C@H](C1)n1ncc(NC(=O)c3ccc(OC)c(C#N)c3)c1C(=O)N2c1ccc(C(F)(F)c2ccccc2)cc1. The fourth-order valence-electron chi connectivity index (χ4n) is 6.28. The van der Waals surface area contributed by atoms with Crippen molar-refractivity contribution in [2.45, 2.75) is 30.2 Å². The van der Waals surface area contributed by atoms with Crippen molar-refractivity contribution in [2.24, 2.45) is 0 Å². The molecule has 0 aliphatic carbocycles. The first kappa shape index (κ1) is 33.7. The molecular formula is C34H32F2N6O6S. The molecule has 2 aliphatic rings. The molecule has 12 nitrogen and oxygen atoms in total. The largest absolute Gasteiger partial charge is 0.495 e. The number of amides is 2. The van der Waals surface area contributed by atoms with Crippen LogP contribution in [-0.2, 0) is 20.7 Å². The Balaban J connectivity index is 1.38. The average molecular weight is 691 g/mol. The van der Waals surface area contributed by atoms with Crippen molar-refractivity contribution >= 4 is 33.2 Å². The van der Waals surface area contributed by atoms with Gasteiger partial charge in [-0.05, 0) is 37.3 Å². The molecule has 49 heavy (non-hydrogen) atoms. The zero-order chi connectivity index (χ0) is 35.1. The van der Waals surface area contributed by atoms with Gasteiger partial charge in [-0.25, -0.2) is 8.42 Å². The number of hydrogen-bond donors (Lipinski definition) is 1. The molecule has 0 spiro atoms. The molecule has 6 rings (SSSR count). The van der Waals surface area contributed by atoms with Gasteiger partial charge in [0.2, 0.25) is 10.0 Å². The van der Waals surface area contributed by atoms with Gasteiger partial charge < -0.3 is 19.7 Å². The molecular weight excluding hydrogens is 658 g/mol. The number of halogens is 2. The number of nitrogens with zero attached hydrogens (tertiary/aromatic N) is 5. The number of ether oxygens (including phenoxy) is 2. The van der Waals surface area contributed by atoms with Gasteiger partial charge in [-0.15, -0.1) is 0 Å². The van der Waals surface area contributed by atoms with Crippen LogP contribution in [0.25, 0.3) is 0 Å². The van der Waals surface area contributed by atoms with Crippen LogP contribution in [0.1, 0.15) is 50.5 Å². The van der Waals surface area contributed by atoms with E-state index in [-0.39, 0.29) is 64.8 Å². The fraction of sp³-hybridized carbons (Fsp3) is 0.294. The van der Waals surface area contributed by atoms with Crippen molar-refractivity contribution in [1.82, 2.24) is 14.1 Å². The number of carbonyl (C=O) groups excluding carboxylic acids is 2. The van der Waals surface area contributed by atoms with Crippen LogP contribution in [0.4, 0.5) is 20.2 Å². The molecule has 1 N–H and O–H groups in total. The highest BCUT2D eigenvalue weighted by Crippen LogP contribution is 2.41. The highest BCUT2D eigenvalue weighted by molar-refractivity contribution is 7.89. The lowest BCUT2D eigenvalue weighted by atomic mass is 9.99. The third-order valence-corrected chi connectivity index (χ3v) is 11.0. The average Bonchev–Trinajstić information content (AvgIpc) is 3.74. The number of nitrogens with one attached hydrogen (secondary N) is 1. The van der Waals surface area contributed by atoms with E-state index in [0.717, 1.165) is 0 Å². The summed E-state index contributed by atoms with van der Waals surface area (Å²) in [5, 5.41) is 15.7. The molecule has 1 saturated heterocycles. The zero-order valence-corrected chi connectivity index (χ0v) is 27.5. The molecule has 0 bridgehead atoms. The first-order chi connectivity index (χ1) is 23.4. The third kappa shape index (κ3) is 5.92. The first-order valence-corrected chi connectivity index (χ1v) is 16.7. The standard InChI is InChI=1S/C34H32F2N6O6S/c1-21(20-47-2)49(45,46)40-18-28-29(19-40)42-31(27(17-38-42)39-32(43)22-9-14-30(48-3)23(15-22)16-37)33(44)41(28)26-12-10-25(11-13-26)34(35,36)24-7-5-4-6-8-24/h4-15,17,21,28-29H,18-20H2,1-3H3,(H,39,43)/t21?,28-,29-/m0/s1. The molecule has 0 radical (unpaired) electrons. The topological polar surface area (TPSA) is 147 Å². The van der Waals surface area contributed by atoms with Crippen LogP contribution in [0.3, 0.4) is 0 Å². The van der Waals surface area contributed by atoms with E-state index < -0.39 is 45.1 Å². The summed E-state index contributed by atoms with van der Waals surface area (Å²) in [4.78, 5) is 29.1. The Hall–Kier alpha value is -5.17. The number of alkyl halides is 2. The van der Waals surface area contributed by atoms with Crippen molar-refractivity contribution in [2.75, 3.05) is 44.1 Å². The molecule has 3 aromatic carbocycles. The summed E-state index contributed by atoms with van der Waals surface area (Å²) in [6, 6.07) is 17.4. The maximum atomic E-state index is 15.4. The molecule has 254 valence electrons. The van der Waals surface area contributed by atoms with Gasteiger partial charge in [0, 0.05) is 42.6 Å². The summed E-state index contributed by atoms with van der Waals surface area (Å²) in [5.41, 5.74) is 0.0586. The Morgan fingerprint density at radius 2 is 1.73 bits per heavy atom. The minimum atomic E-state index is -3.88. The predicted octanol–water partition coefficient (Wildman–Crippen LogP) is 4.41. The maximum Gasteiger partial charge on any atom is 0.298 e. The molecule has 15 heteroatoms. The monoisotopic (exact) mass is 690 g/mol. The molecule has 1 fully saturated rings. The zero-order valence-electron chi connectivity index (χ0n) is 26.7. The van der Waals surface area contributed by atoms with E-state index >= 15 is 8.78 Å². The van der Waals surface area contributed by atoms with Crippen LogP contribution in [-0.4, -0.2) is 79.5 Å². The van der Waals surface area contributed by atoms with E-state index in [0.29, 0.717) is 0 Å². The second-order valence-electron chi connectivity index (χ2n) is 11.8. The fourth-order valence-corrected chi connectivity index (χ4v) is 7.82. The number of benzene rings is 3. The van der Waals surface area contributed by atoms with Gasteiger partial charge in [-0.1, -0.05) is 42.5 Å². The molecule has 2 amide bonds. The predicted molar refractivity (Wildman–Crippen MR) is 175 cm³/mol. The van der Waals surface area contributed by atoms with Crippen molar-refractivity contribution in [3.8, 4) is 11.8 Å². The van der Waals surface area contributed by atoms with E-state index in [9.17, 15) is 23.3 Å². The van der Waals surface area contributed by atoms with Crippen LogP contribution in [0.2, 0.25) is 0 Å². The number of hydrogen-bond acceptors (Lipinski definition) is 8. The summed E-state index contributed by atoms with van der Waals surface area (Å²) in [7, 11) is -1.08. The van der Waals surface area contributed by atoms with Crippen molar-refractivity contribution in [1.29, 1.82) is 5.26 Å². The molecule has 3 heterocycles. The van der Waals surface area contributed by atoms with E-state index in [1.54, 1.807) is 6.07 Å². The van der Waals surface area contributed by atoms with Gasteiger partial charge >= 0.3 is 0 Å². The smallest absolute Gasteiger partial charge is 0.298 e. The molecule has 1 unspecified atom stereocenters. The Labute approximate surface area is 281 Å². The van der Waals surface area contributed by atoms with E-state index in [2.05, 4.69) is 10.4 Å². The summed E-state index contributed by atoms with van der Waals surface area (Å²) in [6.07, 6.45) is 1.30. The Kier molecular flexibility index (Phi) is 8.97. The Morgan fingerprint density at radius 3 is 2.39 bits per heavy atom. The molecule has 4 aromatic rings. The lowest BCUT2D eigenvalue weighted by Crippen LogP contribution is -2.51. The van der Waals surface area contributed by atoms with E-state index in [4.69, 9.17) is 9.47 Å². The number of methoxy groups -OCH3 is 2. The third-order valence-electron chi connectivity index (χ3n) is 8.83. The normalized spacial score (nSPS) is 18.4. The number of anilines is 2. The summed E-state index contributed by atoms with van der Waals surface area (Å²) >= 11 is 0. The number of rotatable bonds is 10. The van der Waals surface area contributed by atoms with Crippen LogP contribution in [0, 0.1) is 11.3 Å². The van der Waals surface area contributed by atoms with Gasteiger partial charge in [0.15, 0.2) is 5.69 Å². The van der Waals surface area contributed by atoms with Crippen LogP contribution >= 0.6 is 0 Å². The number of nitriles is 1. The maximum absolute atomic E-state index is 15.4. The van der Waals surface area contributed by atoms with E-state index in [1.165, 1.54) is 108 Å². The van der Waals surface area contributed by atoms with Gasteiger partial charge in [-0.2, -0.15) is 23.4 Å². The van der Waals surface area contributed by atoms with Gasteiger partial charge in [-0.3, -0.25) is 14.3 Å². The first-order valence-electron chi connectivity index (χ1n) is 15.2. The summed E-state index contributed by atoms with van der Waals surface area (Å²) < 4.78 is 70.8. The Morgan fingerprint density at radius 1 is 1.06 bits per heavy atom. The number of sulfonamides is 1. The summed E-state index contributed by atoms with van der Waals surface area (Å²) in [6.45, 7) is 1.36. The van der Waals surface area contributed by atoms with Crippen LogP contribution in [0.15, 0.2) is 79.0 Å². The van der Waals surface area contributed by atoms with Crippen molar-refractivity contribution < 1.29 is 36.3 Å². The van der Waals surface area contributed by atoms with Gasteiger partial charge in [0.1, 0.15) is 11.8 Å². The second-order valence-corrected chi connectivity index (χ2v) is 14.1.